The number of hydrogen-bond donors (Lipinski definition) is 1. The van der Waals surface area contributed by atoms with Crippen LogP contribution in [-0.2, 0) is 4.79 Å². The lowest BCUT2D eigenvalue weighted by Gasteiger charge is -2.26. The second kappa shape index (κ2) is 6.24. The molecule has 0 saturated carbocycles. The SMILES string of the molecule is C=CCNC(=O)C(C)N(C)c1ccc2ccccc2c1. The fourth-order valence-electron chi connectivity index (χ4n) is 2.12. The summed E-state index contributed by atoms with van der Waals surface area (Å²) in [5.41, 5.74) is 1.03. The molecule has 2 aromatic carbocycles. The van der Waals surface area contributed by atoms with Gasteiger partial charge in [0.1, 0.15) is 6.04 Å². The molecule has 0 heterocycles. The Kier molecular flexibility index (Phi) is 4.41. The molecule has 1 unspecified atom stereocenters. The van der Waals surface area contributed by atoms with E-state index in [0.29, 0.717) is 6.54 Å². The van der Waals surface area contributed by atoms with Crippen LogP contribution in [0, 0.1) is 0 Å². The number of hydrogen-bond acceptors (Lipinski definition) is 2. The van der Waals surface area contributed by atoms with Crippen LogP contribution in [0.25, 0.3) is 10.8 Å². The lowest BCUT2D eigenvalue weighted by atomic mass is 10.1. The van der Waals surface area contributed by atoms with Gasteiger partial charge >= 0.3 is 0 Å². The summed E-state index contributed by atoms with van der Waals surface area (Å²) in [6.07, 6.45) is 1.68. The molecule has 3 nitrogen and oxygen atoms in total. The fourth-order valence-corrected chi connectivity index (χ4v) is 2.12. The molecule has 0 aliphatic heterocycles. The van der Waals surface area contributed by atoms with Crippen LogP contribution in [0.4, 0.5) is 5.69 Å². The molecule has 0 fully saturated rings. The number of amides is 1. The van der Waals surface area contributed by atoms with Crippen molar-refractivity contribution in [2.24, 2.45) is 0 Å². The number of anilines is 1. The molecule has 0 aliphatic carbocycles. The van der Waals surface area contributed by atoms with Gasteiger partial charge in [0, 0.05) is 19.3 Å². The van der Waals surface area contributed by atoms with Gasteiger partial charge in [-0.1, -0.05) is 36.4 Å². The van der Waals surface area contributed by atoms with E-state index in [9.17, 15) is 4.79 Å². The summed E-state index contributed by atoms with van der Waals surface area (Å²) in [5, 5.41) is 5.20. The van der Waals surface area contributed by atoms with Crippen molar-refractivity contribution in [1.82, 2.24) is 5.32 Å². The van der Waals surface area contributed by atoms with E-state index >= 15 is 0 Å². The molecular formula is C17H20N2O. The van der Waals surface area contributed by atoms with Crippen LogP contribution in [0.1, 0.15) is 6.92 Å². The lowest BCUT2D eigenvalue weighted by Crippen LogP contribution is -2.43. The number of nitrogens with one attached hydrogen (secondary N) is 1. The maximum Gasteiger partial charge on any atom is 0.242 e. The van der Waals surface area contributed by atoms with E-state index in [1.54, 1.807) is 6.08 Å². The predicted octanol–water partition coefficient (Wildman–Crippen LogP) is 2.97. The highest BCUT2D eigenvalue weighted by molar-refractivity contribution is 5.88. The Balaban J connectivity index is 2.19. The third kappa shape index (κ3) is 2.99. The second-order valence-electron chi connectivity index (χ2n) is 4.85. The summed E-state index contributed by atoms with van der Waals surface area (Å²) in [7, 11) is 1.93. The van der Waals surface area contributed by atoms with Crippen LogP contribution in [0.2, 0.25) is 0 Å². The molecule has 20 heavy (non-hydrogen) atoms. The van der Waals surface area contributed by atoms with Crippen LogP contribution in [-0.4, -0.2) is 25.5 Å². The molecule has 2 rings (SSSR count). The summed E-state index contributed by atoms with van der Waals surface area (Å²) in [5.74, 6) is 0.000517. The minimum atomic E-state index is -0.226. The van der Waals surface area contributed by atoms with Crippen molar-refractivity contribution in [2.75, 3.05) is 18.5 Å². The zero-order chi connectivity index (χ0) is 14.5. The summed E-state index contributed by atoms with van der Waals surface area (Å²) in [6, 6.07) is 14.2. The van der Waals surface area contributed by atoms with Gasteiger partial charge in [-0.3, -0.25) is 4.79 Å². The van der Waals surface area contributed by atoms with Gasteiger partial charge in [0.25, 0.3) is 0 Å². The Labute approximate surface area is 119 Å². The van der Waals surface area contributed by atoms with Gasteiger partial charge in [0.15, 0.2) is 0 Å². The fraction of sp³-hybridized carbons (Fsp3) is 0.235. The number of benzene rings is 2. The largest absolute Gasteiger partial charge is 0.363 e. The first kappa shape index (κ1) is 14.1. The van der Waals surface area contributed by atoms with Crippen LogP contribution in [0.3, 0.4) is 0 Å². The highest BCUT2D eigenvalue weighted by Crippen LogP contribution is 2.22. The topological polar surface area (TPSA) is 32.3 Å². The average molecular weight is 268 g/mol. The number of nitrogens with zero attached hydrogens (tertiary/aromatic N) is 1. The standard InChI is InChI=1S/C17H20N2O/c1-4-11-18-17(20)13(2)19(3)16-10-9-14-7-5-6-8-15(14)12-16/h4-10,12-13H,1,11H2,2-3H3,(H,18,20). The van der Waals surface area contributed by atoms with Gasteiger partial charge in [-0.25, -0.2) is 0 Å². The molecule has 1 amide bonds. The van der Waals surface area contributed by atoms with Crippen LogP contribution in [0.15, 0.2) is 55.1 Å². The van der Waals surface area contributed by atoms with E-state index in [1.807, 2.05) is 37.1 Å². The maximum absolute atomic E-state index is 12.0. The summed E-state index contributed by atoms with van der Waals surface area (Å²) in [4.78, 5) is 14.0. The van der Waals surface area contributed by atoms with Crippen molar-refractivity contribution in [3.05, 3.63) is 55.1 Å². The first-order valence-corrected chi connectivity index (χ1v) is 6.73. The molecule has 2 aromatic rings. The minimum Gasteiger partial charge on any atom is -0.363 e. The average Bonchev–Trinajstić information content (AvgIpc) is 2.50. The summed E-state index contributed by atoms with van der Waals surface area (Å²) < 4.78 is 0. The Morgan fingerprint density at radius 2 is 2.00 bits per heavy atom. The summed E-state index contributed by atoms with van der Waals surface area (Å²) >= 11 is 0. The summed E-state index contributed by atoms with van der Waals surface area (Å²) in [6.45, 7) is 5.99. The van der Waals surface area contributed by atoms with Crippen molar-refractivity contribution in [3.8, 4) is 0 Å². The molecule has 3 heteroatoms. The van der Waals surface area contributed by atoms with E-state index in [1.165, 1.54) is 10.8 Å². The van der Waals surface area contributed by atoms with Crippen LogP contribution >= 0.6 is 0 Å². The van der Waals surface area contributed by atoms with E-state index in [2.05, 4.69) is 36.2 Å². The molecule has 0 saturated heterocycles. The van der Waals surface area contributed by atoms with Crippen LogP contribution < -0.4 is 10.2 Å². The Hall–Kier alpha value is -2.29. The zero-order valence-corrected chi connectivity index (χ0v) is 12.0. The van der Waals surface area contributed by atoms with Gasteiger partial charge < -0.3 is 10.2 Å². The zero-order valence-electron chi connectivity index (χ0n) is 12.0. The number of carbonyl (C=O) groups excluding carboxylic acids is 1. The van der Waals surface area contributed by atoms with Crippen LogP contribution in [0.5, 0.6) is 0 Å². The van der Waals surface area contributed by atoms with Gasteiger partial charge in [-0.15, -0.1) is 6.58 Å². The molecule has 0 spiro atoms. The third-order valence-corrected chi connectivity index (χ3v) is 3.52. The van der Waals surface area contributed by atoms with E-state index in [0.717, 1.165) is 5.69 Å². The highest BCUT2D eigenvalue weighted by Gasteiger charge is 2.17. The van der Waals surface area contributed by atoms with Crippen molar-refractivity contribution in [2.45, 2.75) is 13.0 Å². The highest BCUT2D eigenvalue weighted by atomic mass is 16.2. The molecule has 0 bridgehead atoms. The van der Waals surface area contributed by atoms with E-state index in [-0.39, 0.29) is 11.9 Å². The Bertz CT molecular complexity index is 621. The predicted molar refractivity (Wildman–Crippen MR) is 85.0 cm³/mol. The van der Waals surface area contributed by atoms with Crippen molar-refractivity contribution >= 4 is 22.4 Å². The Morgan fingerprint density at radius 3 is 2.70 bits per heavy atom. The quantitative estimate of drug-likeness (QED) is 0.846. The third-order valence-electron chi connectivity index (χ3n) is 3.52. The van der Waals surface area contributed by atoms with Gasteiger partial charge in [0.05, 0.1) is 0 Å². The first-order chi connectivity index (χ1) is 9.63. The van der Waals surface area contributed by atoms with E-state index in [4.69, 9.17) is 0 Å². The molecule has 0 aliphatic rings. The second-order valence-corrected chi connectivity index (χ2v) is 4.85. The number of fused-ring (bicyclic) bond motifs is 1. The van der Waals surface area contributed by atoms with Crippen molar-refractivity contribution in [3.63, 3.8) is 0 Å². The smallest absolute Gasteiger partial charge is 0.242 e. The molecule has 1 N–H and O–H groups in total. The van der Waals surface area contributed by atoms with Gasteiger partial charge in [0.2, 0.25) is 5.91 Å². The number of carbonyl (C=O) groups is 1. The van der Waals surface area contributed by atoms with Crippen molar-refractivity contribution in [1.29, 1.82) is 0 Å². The maximum atomic E-state index is 12.0. The number of rotatable bonds is 5. The molecule has 0 radical (unpaired) electrons. The molecule has 104 valence electrons. The molecule has 0 aromatic heterocycles. The van der Waals surface area contributed by atoms with Crippen molar-refractivity contribution < 1.29 is 4.79 Å². The monoisotopic (exact) mass is 268 g/mol. The minimum absolute atomic E-state index is 0.000517. The normalized spacial score (nSPS) is 11.9. The Morgan fingerprint density at radius 1 is 1.30 bits per heavy atom. The molecular weight excluding hydrogens is 248 g/mol. The van der Waals surface area contributed by atoms with Gasteiger partial charge in [-0.2, -0.15) is 0 Å². The van der Waals surface area contributed by atoms with E-state index < -0.39 is 0 Å². The first-order valence-electron chi connectivity index (χ1n) is 6.73. The number of likely N-dealkylation sites (N-methyl/N-ethyl adjacent to an activating group) is 1. The molecule has 1 atom stereocenters. The van der Waals surface area contributed by atoms with Gasteiger partial charge in [-0.05, 0) is 29.8 Å². The lowest BCUT2D eigenvalue weighted by molar-refractivity contribution is -0.121.